The van der Waals surface area contributed by atoms with E-state index < -0.39 is 101 Å². The van der Waals surface area contributed by atoms with Crippen LogP contribution in [0.25, 0.3) is 0 Å². The molecule has 49 heavy (non-hydrogen) atoms. The number of ketones is 3. The van der Waals surface area contributed by atoms with Crippen molar-refractivity contribution < 1.29 is 58.5 Å². The number of carbonyl (C=O) groups is 3. The van der Waals surface area contributed by atoms with Gasteiger partial charge in [0, 0.05) is 41.6 Å². The highest BCUT2D eigenvalue weighted by molar-refractivity contribution is 7.80. The van der Waals surface area contributed by atoms with Gasteiger partial charge in [-0.2, -0.15) is 0 Å². The summed E-state index contributed by atoms with van der Waals surface area (Å²) < 4.78 is 30.8. The SMILES string of the molecule is COc1cccc2c1C(=O)c1c(O)c3c(c(O)c1C2=O)CC(O)(C(=O)CO)CC3OC1CC(NC(=S)Nc2ccc(F)cc2)C(O)C(C)O1. The number of methoxy groups -OCH3 is 1. The highest BCUT2D eigenvalue weighted by atomic mass is 32.1. The normalized spacial score (nSPS) is 25.9. The Morgan fingerprint density at radius 3 is 2.45 bits per heavy atom. The molecular weight excluding hydrogens is 663 g/mol. The molecule has 7 N–H and O–H groups in total. The number of thiocarbonyl (C=S) groups is 1. The van der Waals surface area contributed by atoms with Gasteiger partial charge in [0.05, 0.1) is 42.0 Å². The van der Waals surface area contributed by atoms with Crippen molar-refractivity contribution in [3.05, 3.63) is 81.7 Å². The first-order valence-corrected chi connectivity index (χ1v) is 15.7. The number of benzene rings is 3. The van der Waals surface area contributed by atoms with Crippen LogP contribution < -0.4 is 15.4 Å². The summed E-state index contributed by atoms with van der Waals surface area (Å²) in [4.78, 5) is 40.4. The smallest absolute Gasteiger partial charge is 0.202 e. The third-order valence-corrected chi connectivity index (χ3v) is 9.40. The molecule has 0 aromatic heterocycles. The predicted octanol–water partition coefficient (Wildman–Crippen LogP) is 2.17. The van der Waals surface area contributed by atoms with Crippen molar-refractivity contribution in [1.29, 1.82) is 0 Å². The van der Waals surface area contributed by atoms with Crippen LogP contribution in [-0.2, 0) is 20.7 Å². The average molecular weight is 697 g/mol. The quantitative estimate of drug-likeness (QED) is 0.109. The zero-order valence-corrected chi connectivity index (χ0v) is 27.0. The number of aromatic hydroxyl groups is 2. The standard InChI is InChI=1S/C34H33FN2O11S/c1-14-28(40)19(37-33(49)36-16-8-6-15(35)7-9-16)10-23(47-14)48-21-12-34(45,22(39)13-38)11-18-25(21)32(44)27-26(30(18)42)29(41)17-4-3-5-20(46-2)24(17)31(27)43/h3-9,14,19,21,23,28,38,40,42,44-45H,10-13H2,1-2H3,(H2,36,37,49). The minimum atomic E-state index is -2.31. The molecule has 0 spiro atoms. The van der Waals surface area contributed by atoms with Crippen molar-refractivity contribution in [2.45, 2.75) is 62.4 Å². The number of carbonyl (C=O) groups excluding carboxylic acids is 3. The lowest BCUT2D eigenvalue weighted by atomic mass is 9.72. The maximum Gasteiger partial charge on any atom is 0.202 e. The Balaban J connectivity index is 1.36. The highest BCUT2D eigenvalue weighted by Gasteiger charge is 2.50. The van der Waals surface area contributed by atoms with E-state index in [4.69, 9.17) is 26.4 Å². The van der Waals surface area contributed by atoms with Crippen molar-refractivity contribution in [2.24, 2.45) is 0 Å². The van der Waals surface area contributed by atoms with Crippen LogP contribution in [0.2, 0.25) is 0 Å². The Kier molecular flexibility index (Phi) is 9.17. The molecule has 3 aromatic rings. The highest BCUT2D eigenvalue weighted by Crippen LogP contribution is 2.52. The molecule has 6 unspecified atom stereocenters. The lowest BCUT2D eigenvalue weighted by Crippen LogP contribution is -2.56. The first-order valence-electron chi connectivity index (χ1n) is 15.3. The topological polar surface area (TPSA) is 204 Å². The number of halogens is 1. The average Bonchev–Trinajstić information content (AvgIpc) is 3.07. The zero-order valence-electron chi connectivity index (χ0n) is 26.2. The van der Waals surface area contributed by atoms with Crippen LogP contribution in [0.5, 0.6) is 17.2 Å². The monoisotopic (exact) mass is 696 g/mol. The largest absolute Gasteiger partial charge is 0.507 e. The second-order valence-electron chi connectivity index (χ2n) is 12.2. The molecule has 6 rings (SSSR count). The van der Waals surface area contributed by atoms with Crippen LogP contribution >= 0.6 is 12.2 Å². The van der Waals surface area contributed by atoms with E-state index in [0.717, 1.165) is 0 Å². The van der Waals surface area contributed by atoms with E-state index in [9.17, 15) is 44.3 Å². The number of hydrogen-bond acceptors (Lipinski definition) is 12. The number of rotatable bonds is 7. The van der Waals surface area contributed by atoms with Crippen molar-refractivity contribution in [3.8, 4) is 17.2 Å². The predicted molar refractivity (Wildman–Crippen MR) is 173 cm³/mol. The third-order valence-electron chi connectivity index (χ3n) is 9.18. The Bertz CT molecular complexity index is 1870. The van der Waals surface area contributed by atoms with E-state index in [0.29, 0.717) is 5.69 Å². The first-order chi connectivity index (χ1) is 23.3. The van der Waals surface area contributed by atoms with Gasteiger partial charge in [-0.3, -0.25) is 14.4 Å². The molecule has 1 saturated heterocycles. The number of phenols is 2. The number of hydrogen-bond donors (Lipinski definition) is 7. The Hall–Kier alpha value is -4.51. The number of aliphatic hydroxyl groups excluding tert-OH is 2. The lowest BCUT2D eigenvalue weighted by Gasteiger charge is -2.43. The molecular formula is C34H33FN2O11S. The molecule has 1 aliphatic heterocycles. The van der Waals surface area contributed by atoms with E-state index in [1.807, 2.05) is 0 Å². The molecule has 0 bridgehead atoms. The van der Waals surface area contributed by atoms with Crippen LogP contribution in [0, 0.1) is 5.82 Å². The van der Waals surface area contributed by atoms with Crippen molar-refractivity contribution in [1.82, 2.24) is 5.32 Å². The summed E-state index contributed by atoms with van der Waals surface area (Å²) in [6.07, 6.45) is -5.76. The summed E-state index contributed by atoms with van der Waals surface area (Å²) >= 11 is 5.39. The Morgan fingerprint density at radius 1 is 1.08 bits per heavy atom. The van der Waals surface area contributed by atoms with Gasteiger partial charge in [0.1, 0.15) is 41.4 Å². The summed E-state index contributed by atoms with van der Waals surface area (Å²) in [6, 6.07) is 8.99. The molecule has 1 fully saturated rings. The molecule has 3 aliphatic rings. The van der Waals surface area contributed by atoms with Crippen LogP contribution in [0.15, 0.2) is 42.5 Å². The Morgan fingerprint density at radius 2 is 1.78 bits per heavy atom. The van der Waals surface area contributed by atoms with E-state index in [-0.39, 0.29) is 39.5 Å². The van der Waals surface area contributed by atoms with Crippen LogP contribution in [-0.4, -0.2) is 91.9 Å². The number of Topliss-reactive ketones (excluding diaryl/α,β-unsaturated/α-hetero) is 1. The van der Waals surface area contributed by atoms with Gasteiger partial charge in [0.25, 0.3) is 0 Å². The molecule has 6 atom stereocenters. The molecule has 2 aliphatic carbocycles. The number of aliphatic hydroxyl groups is 3. The van der Waals surface area contributed by atoms with Crippen LogP contribution in [0.1, 0.15) is 68.8 Å². The van der Waals surface area contributed by atoms with Crippen molar-refractivity contribution >= 4 is 40.4 Å². The van der Waals surface area contributed by atoms with E-state index >= 15 is 0 Å². The van der Waals surface area contributed by atoms with Crippen LogP contribution in [0.3, 0.4) is 0 Å². The molecule has 1 heterocycles. The molecule has 13 nitrogen and oxygen atoms in total. The third kappa shape index (κ3) is 6.02. The number of phenolic OH excluding ortho intramolecular Hbond substituents is 2. The maximum atomic E-state index is 13.9. The fraction of sp³-hybridized carbons (Fsp3) is 0.353. The molecule has 258 valence electrons. The van der Waals surface area contributed by atoms with Crippen LogP contribution in [0.4, 0.5) is 10.1 Å². The van der Waals surface area contributed by atoms with Gasteiger partial charge in [0.15, 0.2) is 23.0 Å². The molecule has 0 saturated carbocycles. The maximum absolute atomic E-state index is 13.9. The summed E-state index contributed by atoms with van der Waals surface area (Å²) in [6.45, 7) is 0.509. The van der Waals surface area contributed by atoms with Gasteiger partial charge in [0.2, 0.25) is 5.78 Å². The summed E-state index contributed by atoms with van der Waals surface area (Å²) in [5.74, 6) is -4.41. The van der Waals surface area contributed by atoms with Gasteiger partial charge in [-0.25, -0.2) is 4.39 Å². The van der Waals surface area contributed by atoms with Gasteiger partial charge in [-0.1, -0.05) is 12.1 Å². The molecule has 3 aromatic carbocycles. The summed E-state index contributed by atoms with van der Waals surface area (Å²) in [7, 11) is 1.31. The number of anilines is 1. The summed E-state index contributed by atoms with van der Waals surface area (Å²) in [5.41, 5.74) is -3.43. The van der Waals surface area contributed by atoms with E-state index in [1.165, 1.54) is 49.6 Å². The second kappa shape index (κ2) is 13.1. The van der Waals surface area contributed by atoms with Gasteiger partial charge < -0.3 is 50.4 Å². The Labute approximate surface area is 284 Å². The van der Waals surface area contributed by atoms with Gasteiger partial charge in [-0.05, 0) is 49.5 Å². The first kappa shape index (κ1) is 34.4. The second-order valence-corrected chi connectivity index (χ2v) is 12.6. The van der Waals surface area contributed by atoms with Crippen molar-refractivity contribution in [2.75, 3.05) is 19.0 Å². The molecule has 0 radical (unpaired) electrons. The number of ether oxygens (including phenoxy) is 3. The van der Waals surface area contributed by atoms with E-state index in [1.54, 1.807) is 6.92 Å². The fourth-order valence-corrected chi connectivity index (χ4v) is 7.00. The van der Waals surface area contributed by atoms with Crippen molar-refractivity contribution in [3.63, 3.8) is 0 Å². The molecule has 0 amide bonds. The number of nitrogens with one attached hydrogen (secondary N) is 2. The minimum absolute atomic E-state index is 0.0609. The fourth-order valence-electron chi connectivity index (χ4n) is 6.73. The molecule has 15 heteroatoms. The van der Waals surface area contributed by atoms with Gasteiger partial charge >= 0.3 is 0 Å². The van der Waals surface area contributed by atoms with Gasteiger partial charge in [-0.15, -0.1) is 0 Å². The summed E-state index contributed by atoms with van der Waals surface area (Å²) in [5, 5.41) is 61.3. The lowest BCUT2D eigenvalue weighted by molar-refractivity contribution is -0.248. The minimum Gasteiger partial charge on any atom is -0.507 e. The van der Waals surface area contributed by atoms with E-state index in [2.05, 4.69) is 10.6 Å². The number of fused-ring (bicyclic) bond motifs is 3. The zero-order chi connectivity index (χ0) is 35.4.